The van der Waals surface area contributed by atoms with Crippen molar-refractivity contribution in [3.8, 4) is 11.1 Å². The molecule has 0 saturated heterocycles. The SMILES string of the molecule is Nc1ccc(-c2ccc(/C=C/Cc3ccccc3)cc2)cc1. The summed E-state index contributed by atoms with van der Waals surface area (Å²) in [6.45, 7) is 0. The zero-order valence-electron chi connectivity index (χ0n) is 12.4. The average Bonchev–Trinajstić information content (AvgIpc) is 2.57. The first-order valence-electron chi connectivity index (χ1n) is 7.48. The topological polar surface area (TPSA) is 26.0 Å². The van der Waals surface area contributed by atoms with Crippen LogP contribution in [0, 0.1) is 0 Å². The normalized spacial score (nSPS) is 10.9. The van der Waals surface area contributed by atoms with Gasteiger partial charge in [0.2, 0.25) is 0 Å². The van der Waals surface area contributed by atoms with Gasteiger partial charge in [0, 0.05) is 5.69 Å². The molecule has 1 nitrogen and oxygen atoms in total. The molecule has 1 heteroatoms. The van der Waals surface area contributed by atoms with Crippen LogP contribution in [-0.2, 0) is 6.42 Å². The number of rotatable bonds is 4. The summed E-state index contributed by atoms with van der Waals surface area (Å²) in [6, 6.07) is 27.0. The molecule has 0 amide bonds. The Morgan fingerprint density at radius 2 is 1.27 bits per heavy atom. The maximum atomic E-state index is 5.72. The van der Waals surface area contributed by atoms with Crippen LogP contribution in [0.15, 0.2) is 84.9 Å². The van der Waals surface area contributed by atoms with Gasteiger partial charge >= 0.3 is 0 Å². The number of benzene rings is 3. The zero-order valence-corrected chi connectivity index (χ0v) is 12.4. The molecule has 0 aliphatic rings. The highest BCUT2D eigenvalue weighted by Gasteiger charge is 1.97. The van der Waals surface area contributed by atoms with E-state index >= 15 is 0 Å². The van der Waals surface area contributed by atoms with Gasteiger partial charge in [-0.25, -0.2) is 0 Å². The van der Waals surface area contributed by atoms with Crippen LogP contribution in [0.4, 0.5) is 5.69 Å². The van der Waals surface area contributed by atoms with Crippen LogP contribution in [0.2, 0.25) is 0 Å². The maximum absolute atomic E-state index is 5.72. The van der Waals surface area contributed by atoms with Gasteiger partial charge < -0.3 is 5.73 Å². The minimum absolute atomic E-state index is 0.796. The third-order valence-electron chi connectivity index (χ3n) is 3.66. The van der Waals surface area contributed by atoms with Gasteiger partial charge in [-0.05, 0) is 40.8 Å². The predicted octanol–water partition coefficient (Wildman–Crippen LogP) is 5.19. The lowest BCUT2D eigenvalue weighted by Gasteiger charge is -2.03. The molecule has 22 heavy (non-hydrogen) atoms. The van der Waals surface area contributed by atoms with Gasteiger partial charge in [0.05, 0.1) is 0 Å². The second kappa shape index (κ2) is 6.77. The molecule has 0 fully saturated rings. The van der Waals surface area contributed by atoms with Crippen LogP contribution in [0.25, 0.3) is 17.2 Å². The van der Waals surface area contributed by atoms with E-state index in [9.17, 15) is 0 Å². The Bertz CT molecular complexity index is 738. The summed E-state index contributed by atoms with van der Waals surface area (Å²) >= 11 is 0. The summed E-state index contributed by atoms with van der Waals surface area (Å²) in [6.07, 6.45) is 5.33. The van der Waals surface area contributed by atoms with E-state index in [1.165, 1.54) is 22.3 Å². The molecule has 0 aliphatic carbocycles. The summed E-state index contributed by atoms with van der Waals surface area (Å²) in [5, 5.41) is 0. The van der Waals surface area contributed by atoms with Crippen molar-refractivity contribution in [1.82, 2.24) is 0 Å². The smallest absolute Gasteiger partial charge is 0.0314 e. The number of hydrogen-bond donors (Lipinski definition) is 1. The Kier molecular flexibility index (Phi) is 4.35. The first kappa shape index (κ1) is 14.2. The van der Waals surface area contributed by atoms with Gasteiger partial charge in [-0.2, -0.15) is 0 Å². The quantitative estimate of drug-likeness (QED) is 0.656. The Morgan fingerprint density at radius 1 is 0.682 bits per heavy atom. The summed E-state index contributed by atoms with van der Waals surface area (Å²) < 4.78 is 0. The fraction of sp³-hybridized carbons (Fsp3) is 0.0476. The Labute approximate surface area is 131 Å². The van der Waals surface area contributed by atoms with Gasteiger partial charge in [-0.15, -0.1) is 0 Å². The van der Waals surface area contributed by atoms with Gasteiger partial charge in [0.1, 0.15) is 0 Å². The van der Waals surface area contributed by atoms with Crippen LogP contribution < -0.4 is 5.73 Å². The molecule has 0 spiro atoms. The minimum atomic E-state index is 0.796. The maximum Gasteiger partial charge on any atom is 0.0314 e. The highest BCUT2D eigenvalue weighted by molar-refractivity contribution is 5.67. The van der Waals surface area contributed by atoms with Gasteiger partial charge in [0.25, 0.3) is 0 Å². The Hall–Kier alpha value is -2.80. The molecule has 0 radical (unpaired) electrons. The van der Waals surface area contributed by atoms with Crippen molar-refractivity contribution in [3.63, 3.8) is 0 Å². The molecule has 0 bridgehead atoms. The standard InChI is InChI=1S/C21H19N/c22-21-15-13-20(14-16-21)19-11-9-18(10-12-19)8-4-7-17-5-2-1-3-6-17/h1-6,8-16H,7,22H2/b8-4+. The third kappa shape index (κ3) is 3.64. The molecular weight excluding hydrogens is 266 g/mol. The summed E-state index contributed by atoms with van der Waals surface area (Å²) in [7, 11) is 0. The van der Waals surface area contributed by atoms with E-state index in [1.807, 2.05) is 18.2 Å². The van der Waals surface area contributed by atoms with Crippen LogP contribution in [0.3, 0.4) is 0 Å². The molecule has 3 rings (SSSR count). The molecule has 0 heterocycles. The third-order valence-corrected chi connectivity index (χ3v) is 3.66. The minimum Gasteiger partial charge on any atom is -0.399 e. The number of nitrogen functional groups attached to an aromatic ring is 1. The van der Waals surface area contributed by atoms with Gasteiger partial charge in [-0.3, -0.25) is 0 Å². The summed E-state index contributed by atoms with van der Waals surface area (Å²) in [5.41, 5.74) is 11.5. The van der Waals surface area contributed by atoms with Crippen molar-refractivity contribution in [1.29, 1.82) is 0 Å². The van der Waals surface area contributed by atoms with Gasteiger partial charge in [0.15, 0.2) is 0 Å². The van der Waals surface area contributed by atoms with Crippen molar-refractivity contribution < 1.29 is 0 Å². The molecule has 0 atom stereocenters. The molecule has 0 saturated carbocycles. The summed E-state index contributed by atoms with van der Waals surface area (Å²) in [4.78, 5) is 0. The zero-order chi connectivity index (χ0) is 15.2. The lowest BCUT2D eigenvalue weighted by molar-refractivity contribution is 1.28. The van der Waals surface area contributed by atoms with E-state index < -0.39 is 0 Å². The van der Waals surface area contributed by atoms with Crippen molar-refractivity contribution in [2.75, 3.05) is 5.73 Å². The van der Waals surface area contributed by atoms with Crippen LogP contribution in [0.1, 0.15) is 11.1 Å². The van der Waals surface area contributed by atoms with E-state index in [1.54, 1.807) is 0 Å². The molecular formula is C21H19N. The fourth-order valence-corrected chi connectivity index (χ4v) is 2.41. The van der Waals surface area contributed by atoms with Crippen LogP contribution >= 0.6 is 0 Å². The molecule has 3 aromatic carbocycles. The van der Waals surface area contributed by atoms with Crippen LogP contribution in [0.5, 0.6) is 0 Å². The molecule has 2 N–H and O–H groups in total. The van der Waals surface area contributed by atoms with Gasteiger partial charge in [-0.1, -0.05) is 78.9 Å². The lowest BCUT2D eigenvalue weighted by Crippen LogP contribution is -1.84. The Morgan fingerprint density at radius 3 is 1.91 bits per heavy atom. The van der Waals surface area contributed by atoms with E-state index in [-0.39, 0.29) is 0 Å². The van der Waals surface area contributed by atoms with E-state index in [2.05, 4.69) is 72.8 Å². The number of hydrogen-bond acceptors (Lipinski definition) is 1. The highest BCUT2D eigenvalue weighted by atomic mass is 14.5. The fourth-order valence-electron chi connectivity index (χ4n) is 2.41. The van der Waals surface area contributed by atoms with E-state index in [0.29, 0.717) is 0 Å². The number of anilines is 1. The predicted molar refractivity (Wildman–Crippen MR) is 95.5 cm³/mol. The van der Waals surface area contributed by atoms with Crippen molar-refractivity contribution in [3.05, 3.63) is 96.1 Å². The van der Waals surface area contributed by atoms with E-state index in [0.717, 1.165) is 12.1 Å². The molecule has 0 unspecified atom stereocenters. The number of allylic oxidation sites excluding steroid dienone is 1. The number of nitrogens with two attached hydrogens (primary N) is 1. The van der Waals surface area contributed by atoms with Crippen molar-refractivity contribution in [2.24, 2.45) is 0 Å². The monoisotopic (exact) mass is 285 g/mol. The largest absolute Gasteiger partial charge is 0.399 e. The second-order valence-corrected chi connectivity index (χ2v) is 5.34. The molecule has 3 aromatic rings. The Balaban J connectivity index is 1.68. The highest BCUT2D eigenvalue weighted by Crippen LogP contribution is 2.21. The van der Waals surface area contributed by atoms with Crippen molar-refractivity contribution >= 4 is 11.8 Å². The molecule has 108 valence electrons. The molecule has 0 aromatic heterocycles. The lowest BCUT2D eigenvalue weighted by atomic mass is 10.0. The average molecular weight is 285 g/mol. The van der Waals surface area contributed by atoms with Crippen molar-refractivity contribution in [2.45, 2.75) is 6.42 Å². The molecule has 0 aliphatic heterocycles. The van der Waals surface area contributed by atoms with Crippen LogP contribution in [-0.4, -0.2) is 0 Å². The first-order valence-corrected chi connectivity index (χ1v) is 7.48. The first-order chi connectivity index (χ1) is 10.8. The summed E-state index contributed by atoms with van der Waals surface area (Å²) in [5.74, 6) is 0. The van der Waals surface area contributed by atoms with E-state index in [4.69, 9.17) is 5.73 Å². The second-order valence-electron chi connectivity index (χ2n) is 5.34.